The monoisotopic (exact) mass is 349 g/mol. The number of nitrogens with two attached hydrogens (primary N) is 1. The maximum absolute atomic E-state index is 12.0. The molecule has 0 aromatic carbocycles. The maximum atomic E-state index is 12.0. The Kier molecular flexibility index (Phi) is 5.06. The van der Waals surface area contributed by atoms with Gasteiger partial charge < -0.3 is 20.7 Å². The van der Waals surface area contributed by atoms with Crippen LogP contribution < -0.4 is 11.4 Å². The number of aliphatic hydroxyl groups is 2. The number of nitrogen functional groups attached to an aromatic ring is 1. The molecule has 1 saturated heterocycles. The summed E-state index contributed by atoms with van der Waals surface area (Å²) in [5.41, 5.74) is 5.43. The Labute approximate surface area is 132 Å². The van der Waals surface area contributed by atoms with Crippen LogP contribution in [0.1, 0.15) is 18.7 Å². The largest absolute Gasteiger partial charge is 0.394 e. The third kappa shape index (κ3) is 3.70. The predicted octanol–water partition coefficient (Wildman–Crippen LogP) is -2.02. The van der Waals surface area contributed by atoms with E-state index in [4.69, 9.17) is 14.7 Å². The van der Waals surface area contributed by atoms with Crippen LogP contribution in [-0.4, -0.2) is 59.4 Å². The second-order valence-corrected chi connectivity index (χ2v) is 6.80. The molecule has 0 amide bonds. The molecule has 10 nitrogen and oxygen atoms in total. The maximum Gasteiger partial charge on any atom is 0.351 e. The van der Waals surface area contributed by atoms with Crippen molar-refractivity contribution in [2.45, 2.75) is 37.9 Å². The van der Waals surface area contributed by atoms with Crippen LogP contribution in [0.4, 0.5) is 5.82 Å². The highest BCUT2D eigenvalue weighted by atomic mass is 32.2. The van der Waals surface area contributed by atoms with Gasteiger partial charge in [0, 0.05) is 11.8 Å². The first kappa shape index (κ1) is 17.8. The summed E-state index contributed by atoms with van der Waals surface area (Å²) in [6, 6.07) is 0. The fraction of sp³-hybridized carbons (Fsp3) is 0.667. The summed E-state index contributed by atoms with van der Waals surface area (Å²) >= 11 is 0. The highest BCUT2D eigenvalue weighted by Crippen LogP contribution is 2.31. The Balaban J connectivity index is 2.40. The van der Waals surface area contributed by atoms with E-state index >= 15 is 0 Å². The Morgan fingerprint density at radius 1 is 1.52 bits per heavy atom. The summed E-state index contributed by atoms with van der Waals surface area (Å²) in [5.74, 6) is 0.0730. The lowest BCUT2D eigenvalue weighted by Gasteiger charge is -2.19. The Bertz CT molecular complexity index is 733. The lowest BCUT2D eigenvalue weighted by Crippen LogP contribution is -2.39. The lowest BCUT2D eigenvalue weighted by molar-refractivity contribution is -0.0543. The summed E-state index contributed by atoms with van der Waals surface area (Å²) in [6.07, 6.45) is -2.49. The molecule has 23 heavy (non-hydrogen) atoms. The molecule has 4 N–H and O–H groups in total. The van der Waals surface area contributed by atoms with Crippen molar-refractivity contribution in [3.8, 4) is 0 Å². The van der Waals surface area contributed by atoms with Gasteiger partial charge in [0.05, 0.1) is 12.9 Å². The molecule has 0 aliphatic carbocycles. The van der Waals surface area contributed by atoms with Crippen LogP contribution in [0, 0.1) is 0 Å². The number of aromatic nitrogens is 2. The molecule has 130 valence electrons. The van der Waals surface area contributed by atoms with Gasteiger partial charge in [-0.2, -0.15) is 13.4 Å². The molecule has 0 spiro atoms. The van der Waals surface area contributed by atoms with Crippen LogP contribution >= 0.6 is 0 Å². The van der Waals surface area contributed by atoms with Gasteiger partial charge in [-0.3, -0.25) is 8.75 Å². The summed E-state index contributed by atoms with van der Waals surface area (Å²) in [6.45, 7) is 1.21. The van der Waals surface area contributed by atoms with E-state index < -0.39 is 47.0 Å². The van der Waals surface area contributed by atoms with Crippen molar-refractivity contribution in [3.63, 3.8) is 0 Å². The Morgan fingerprint density at radius 2 is 2.17 bits per heavy atom. The average Bonchev–Trinajstić information content (AvgIpc) is 2.74. The molecule has 0 unspecified atom stereocenters. The summed E-state index contributed by atoms with van der Waals surface area (Å²) in [4.78, 5) is 15.6. The molecular formula is C12H19N3O7S. The van der Waals surface area contributed by atoms with Crippen molar-refractivity contribution in [1.82, 2.24) is 9.55 Å². The van der Waals surface area contributed by atoms with Crippen molar-refractivity contribution in [2.75, 3.05) is 18.6 Å². The van der Waals surface area contributed by atoms with Crippen molar-refractivity contribution < 1.29 is 27.6 Å². The van der Waals surface area contributed by atoms with Gasteiger partial charge in [-0.1, -0.05) is 6.92 Å². The summed E-state index contributed by atoms with van der Waals surface area (Å²) < 4.78 is 33.7. The van der Waals surface area contributed by atoms with Gasteiger partial charge in [0.2, 0.25) is 0 Å². The van der Waals surface area contributed by atoms with E-state index in [2.05, 4.69) is 4.98 Å². The van der Waals surface area contributed by atoms with Crippen LogP contribution in [0.2, 0.25) is 0 Å². The van der Waals surface area contributed by atoms with E-state index in [9.17, 15) is 23.4 Å². The van der Waals surface area contributed by atoms with E-state index in [0.29, 0.717) is 12.0 Å². The smallest absolute Gasteiger partial charge is 0.351 e. The highest BCUT2D eigenvalue weighted by Gasteiger charge is 2.47. The molecular weight excluding hydrogens is 330 g/mol. The third-order valence-electron chi connectivity index (χ3n) is 3.49. The zero-order valence-corrected chi connectivity index (χ0v) is 13.4. The SMILES string of the molecule is CCc1cn([C@@H]2O[C@H](CO)[C@H](OS(C)(=O)=O)[C@H]2O)c(=O)nc1N. The molecule has 0 saturated carbocycles. The number of aliphatic hydroxyl groups excluding tert-OH is 2. The fourth-order valence-electron chi connectivity index (χ4n) is 2.39. The molecule has 0 radical (unpaired) electrons. The van der Waals surface area contributed by atoms with Gasteiger partial charge in [-0.25, -0.2) is 4.79 Å². The van der Waals surface area contributed by atoms with E-state index in [1.54, 1.807) is 6.92 Å². The number of nitrogens with zero attached hydrogens (tertiary/aromatic N) is 2. The second kappa shape index (κ2) is 6.53. The predicted molar refractivity (Wildman–Crippen MR) is 79.0 cm³/mol. The molecule has 1 aliphatic heterocycles. The minimum atomic E-state index is -3.89. The number of hydrogen-bond acceptors (Lipinski definition) is 9. The van der Waals surface area contributed by atoms with Crippen LogP contribution in [0.3, 0.4) is 0 Å². The minimum absolute atomic E-state index is 0.0730. The number of anilines is 1. The third-order valence-corrected chi connectivity index (χ3v) is 4.06. The van der Waals surface area contributed by atoms with Gasteiger partial charge >= 0.3 is 5.69 Å². The van der Waals surface area contributed by atoms with Crippen molar-refractivity contribution >= 4 is 15.9 Å². The number of hydrogen-bond donors (Lipinski definition) is 3. The summed E-state index contributed by atoms with van der Waals surface area (Å²) in [7, 11) is -3.89. The summed E-state index contributed by atoms with van der Waals surface area (Å²) in [5, 5.41) is 19.6. The van der Waals surface area contributed by atoms with Crippen molar-refractivity contribution in [3.05, 3.63) is 22.2 Å². The van der Waals surface area contributed by atoms with Crippen molar-refractivity contribution in [2.24, 2.45) is 0 Å². The molecule has 4 atom stereocenters. The molecule has 1 aromatic rings. The molecule has 1 aromatic heterocycles. The zero-order chi connectivity index (χ0) is 17.4. The first-order valence-electron chi connectivity index (χ1n) is 6.88. The second-order valence-electron chi connectivity index (χ2n) is 5.20. The molecule has 2 heterocycles. The molecule has 1 fully saturated rings. The minimum Gasteiger partial charge on any atom is -0.394 e. The quantitative estimate of drug-likeness (QED) is 0.511. The van der Waals surface area contributed by atoms with Crippen LogP contribution in [0.25, 0.3) is 0 Å². The Morgan fingerprint density at radius 3 is 2.70 bits per heavy atom. The molecule has 0 bridgehead atoms. The van der Waals surface area contributed by atoms with Gasteiger partial charge in [0.25, 0.3) is 10.1 Å². The molecule has 11 heteroatoms. The number of ether oxygens (including phenoxy) is 1. The highest BCUT2D eigenvalue weighted by molar-refractivity contribution is 7.86. The van der Waals surface area contributed by atoms with Gasteiger partial charge in [-0.05, 0) is 6.42 Å². The van der Waals surface area contributed by atoms with E-state index in [1.165, 1.54) is 6.20 Å². The van der Waals surface area contributed by atoms with Crippen molar-refractivity contribution in [1.29, 1.82) is 0 Å². The Hall–Kier alpha value is -1.53. The topological polar surface area (TPSA) is 154 Å². The standard InChI is InChI=1S/C12H19N3O7S/c1-3-6-4-15(12(18)14-10(6)13)11-8(17)9(7(5-16)21-11)22-23(2,19)20/h4,7-9,11,16-17H,3,5H2,1-2H3,(H2,13,14,18)/t7-,8-,9+,11-/m1/s1. The van der Waals surface area contributed by atoms with Crippen LogP contribution in [0.15, 0.2) is 11.0 Å². The van der Waals surface area contributed by atoms with E-state index in [0.717, 1.165) is 10.8 Å². The van der Waals surface area contributed by atoms with E-state index in [-0.39, 0.29) is 5.82 Å². The zero-order valence-electron chi connectivity index (χ0n) is 12.6. The van der Waals surface area contributed by atoms with Gasteiger partial charge in [-0.15, -0.1) is 0 Å². The number of rotatable bonds is 5. The van der Waals surface area contributed by atoms with Gasteiger partial charge in [0.15, 0.2) is 6.23 Å². The first-order valence-corrected chi connectivity index (χ1v) is 8.69. The molecule has 1 aliphatic rings. The number of aryl methyl sites for hydroxylation is 1. The normalized spacial score (nSPS) is 28.2. The molecule has 2 rings (SSSR count). The first-order chi connectivity index (χ1) is 10.7. The van der Waals surface area contributed by atoms with Gasteiger partial charge in [0.1, 0.15) is 24.1 Å². The fourth-order valence-corrected chi connectivity index (χ4v) is 3.03. The lowest BCUT2D eigenvalue weighted by atomic mass is 10.1. The average molecular weight is 349 g/mol. The van der Waals surface area contributed by atoms with Crippen LogP contribution in [-0.2, 0) is 25.5 Å². The van der Waals surface area contributed by atoms with Crippen LogP contribution in [0.5, 0.6) is 0 Å². The van der Waals surface area contributed by atoms with E-state index in [1.807, 2.05) is 0 Å².